The second-order valence-corrected chi connectivity index (χ2v) is 5.36. The first-order valence-corrected chi connectivity index (χ1v) is 6.45. The van der Waals surface area contributed by atoms with E-state index in [1.54, 1.807) is 11.8 Å². The van der Waals surface area contributed by atoms with Crippen LogP contribution in [-0.4, -0.2) is 7.32 Å². The molecule has 5 rings (SSSR count). The number of anilines is 2. The molecule has 0 radical (unpaired) electrons. The largest absolute Gasteiger partial charge is 0.864 e. The molecule has 2 aromatic carbocycles. The predicted molar refractivity (Wildman–Crippen MR) is 67.9 cm³/mol. The minimum Gasteiger partial charge on any atom is -0.486 e. The van der Waals surface area contributed by atoms with Crippen LogP contribution in [0.25, 0.3) is 0 Å². The lowest BCUT2D eigenvalue weighted by atomic mass is 10.2. The third kappa shape index (κ3) is 0.995. The Bertz CT molecular complexity index is 704. The quantitative estimate of drug-likeness (QED) is 0.625. The van der Waals surface area contributed by atoms with Crippen LogP contribution in [0.3, 0.4) is 0 Å². The van der Waals surface area contributed by atoms with Gasteiger partial charge in [-0.3, -0.25) is 0 Å². The van der Waals surface area contributed by atoms with Crippen molar-refractivity contribution in [3.05, 3.63) is 30.3 Å². The van der Waals surface area contributed by atoms with E-state index in [-0.39, 0.29) is 0 Å². The van der Waals surface area contributed by atoms with Crippen LogP contribution in [0.5, 0.6) is 17.2 Å². The smallest absolute Gasteiger partial charge is 0.486 e. The van der Waals surface area contributed by atoms with Gasteiger partial charge in [0.1, 0.15) is 0 Å². The van der Waals surface area contributed by atoms with Crippen LogP contribution in [0, 0.1) is 0 Å². The monoisotopic (exact) mass is 255 g/mol. The van der Waals surface area contributed by atoms with E-state index in [0.717, 1.165) is 27.8 Å². The molecule has 0 aromatic heterocycles. The summed E-state index contributed by atoms with van der Waals surface area (Å²) in [4.78, 5) is 2.30. The summed E-state index contributed by atoms with van der Waals surface area (Å²) in [5.74, 6) is 2.25. The van der Waals surface area contributed by atoms with Gasteiger partial charge in [0.2, 0.25) is 0 Å². The first-order chi connectivity index (χ1) is 8.88. The summed E-state index contributed by atoms with van der Waals surface area (Å²) in [6.07, 6.45) is 0. The third-order valence-corrected chi connectivity index (χ3v) is 4.30. The van der Waals surface area contributed by atoms with Crippen molar-refractivity contribution in [3.63, 3.8) is 0 Å². The maximum atomic E-state index is 5.58. The molecule has 0 saturated heterocycles. The van der Waals surface area contributed by atoms with Gasteiger partial charge in [0, 0.05) is 9.79 Å². The maximum Gasteiger partial charge on any atom is 0.864 e. The Kier molecular flexibility index (Phi) is 1.45. The Labute approximate surface area is 107 Å². The molecule has 2 bridgehead atoms. The van der Waals surface area contributed by atoms with Gasteiger partial charge in [-0.1, -0.05) is 23.9 Å². The van der Waals surface area contributed by atoms with E-state index in [9.17, 15) is 0 Å². The lowest BCUT2D eigenvalue weighted by Gasteiger charge is -2.24. The molecule has 3 aliphatic rings. The van der Waals surface area contributed by atoms with Gasteiger partial charge in [0.25, 0.3) is 0 Å². The molecule has 3 aliphatic heterocycles. The summed E-state index contributed by atoms with van der Waals surface area (Å²) in [5, 5.41) is 3.41. The highest BCUT2D eigenvalue weighted by Gasteiger charge is 2.49. The standard InChI is InChI=1S/C12H6BNO3S/c1-2-4-8-6(3-1)14-10-9(18-8)5-7-11-12(10)17-13(15-7)16-11/h1-5,14H. The highest BCUT2D eigenvalue weighted by Crippen LogP contribution is 2.58. The molecule has 18 heavy (non-hydrogen) atoms. The molecule has 0 unspecified atom stereocenters. The number of nitrogens with one attached hydrogen (secondary N) is 1. The van der Waals surface area contributed by atoms with Crippen LogP contribution in [0.15, 0.2) is 40.1 Å². The summed E-state index contributed by atoms with van der Waals surface area (Å²) in [5.41, 5.74) is 2.07. The summed E-state index contributed by atoms with van der Waals surface area (Å²) in [6, 6.07) is 10.2. The van der Waals surface area contributed by atoms with Gasteiger partial charge in [-0.15, -0.1) is 0 Å². The van der Waals surface area contributed by atoms with Crippen LogP contribution in [0.1, 0.15) is 0 Å². The predicted octanol–water partition coefficient (Wildman–Crippen LogP) is 3.04. The zero-order valence-electron chi connectivity index (χ0n) is 9.10. The molecular formula is C12H6BNO3S. The average molecular weight is 255 g/mol. The van der Waals surface area contributed by atoms with E-state index in [1.807, 2.05) is 18.2 Å². The van der Waals surface area contributed by atoms with Gasteiger partial charge in [0.05, 0.1) is 11.4 Å². The summed E-state index contributed by atoms with van der Waals surface area (Å²) < 4.78 is 16.5. The Morgan fingerprint density at radius 1 is 1.00 bits per heavy atom. The van der Waals surface area contributed by atoms with Gasteiger partial charge in [-0.25, -0.2) is 0 Å². The highest BCUT2D eigenvalue weighted by molar-refractivity contribution is 7.99. The zero-order valence-corrected chi connectivity index (χ0v) is 9.91. The van der Waals surface area contributed by atoms with Crippen LogP contribution < -0.4 is 19.3 Å². The molecule has 4 nitrogen and oxygen atoms in total. The van der Waals surface area contributed by atoms with Crippen LogP contribution >= 0.6 is 11.8 Å². The van der Waals surface area contributed by atoms with Crippen molar-refractivity contribution < 1.29 is 14.0 Å². The number of fused-ring (bicyclic) bond motifs is 4. The van der Waals surface area contributed by atoms with Crippen molar-refractivity contribution >= 4 is 30.5 Å². The van der Waals surface area contributed by atoms with Crippen LogP contribution in [0.4, 0.5) is 11.4 Å². The molecule has 86 valence electrons. The Balaban J connectivity index is 1.75. The number of benzene rings is 2. The normalized spacial score (nSPS) is 16.1. The second kappa shape index (κ2) is 2.89. The Morgan fingerprint density at radius 2 is 1.89 bits per heavy atom. The molecule has 0 spiro atoms. The van der Waals surface area contributed by atoms with Gasteiger partial charge in [-0.2, -0.15) is 0 Å². The molecule has 1 N–H and O–H groups in total. The fourth-order valence-electron chi connectivity index (χ4n) is 2.38. The van der Waals surface area contributed by atoms with Gasteiger partial charge in [-0.05, 0) is 18.2 Å². The van der Waals surface area contributed by atoms with Gasteiger partial charge >= 0.3 is 7.32 Å². The van der Waals surface area contributed by atoms with Crippen molar-refractivity contribution in [1.82, 2.24) is 0 Å². The third-order valence-electron chi connectivity index (χ3n) is 3.18. The lowest BCUT2D eigenvalue weighted by molar-refractivity contribution is 0.383. The highest BCUT2D eigenvalue weighted by atomic mass is 32.2. The van der Waals surface area contributed by atoms with Crippen LogP contribution in [-0.2, 0) is 0 Å². The average Bonchev–Trinajstić information content (AvgIpc) is 2.97. The van der Waals surface area contributed by atoms with E-state index in [1.165, 1.54) is 4.90 Å². The molecule has 0 atom stereocenters. The summed E-state index contributed by atoms with van der Waals surface area (Å²) in [7, 11) is -0.598. The fourth-order valence-corrected chi connectivity index (χ4v) is 3.41. The Hall–Kier alpha value is -1.95. The SMILES string of the molecule is c1ccc2c(c1)Nc1c(cc3c4c1OB(O3)O4)S2. The first kappa shape index (κ1) is 9.05. The van der Waals surface area contributed by atoms with Crippen molar-refractivity contribution in [3.8, 4) is 17.2 Å². The molecule has 0 aliphatic carbocycles. The minimum absolute atomic E-state index is 0.598. The lowest BCUT2D eigenvalue weighted by Crippen LogP contribution is -2.29. The topological polar surface area (TPSA) is 39.7 Å². The van der Waals surface area contributed by atoms with Crippen molar-refractivity contribution in [2.24, 2.45) is 0 Å². The van der Waals surface area contributed by atoms with E-state index in [0.29, 0.717) is 5.75 Å². The number of hydrogen-bond acceptors (Lipinski definition) is 5. The maximum absolute atomic E-state index is 5.58. The summed E-state index contributed by atoms with van der Waals surface area (Å²) >= 11 is 1.71. The molecule has 6 heteroatoms. The minimum atomic E-state index is -0.598. The Morgan fingerprint density at radius 3 is 2.83 bits per heavy atom. The van der Waals surface area contributed by atoms with E-state index >= 15 is 0 Å². The molecule has 2 aromatic rings. The van der Waals surface area contributed by atoms with Gasteiger partial charge < -0.3 is 19.3 Å². The zero-order chi connectivity index (χ0) is 11.7. The number of hydrogen-bond donors (Lipinski definition) is 1. The summed E-state index contributed by atoms with van der Waals surface area (Å²) in [6.45, 7) is 0. The van der Waals surface area contributed by atoms with Crippen molar-refractivity contribution in [1.29, 1.82) is 0 Å². The number of para-hydroxylation sites is 1. The van der Waals surface area contributed by atoms with E-state index < -0.39 is 7.32 Å². The van der Waals surface area contributed by atoms with Crippen molar-refractivity contribution in [2.75, 3.05) is 5.32 Å². The van der Waals surface area contributed by atoms with Crippen LogP contribution in [0.2, 0.25) is 0 Å². The molecule has 0 saturated carbocycles. The molecule has 3 heterocycles. The molecule has 0 amide bonds. The van der Waals surface area contributed by atoms with Crippen molar-refractivity contribution in [2.45, 2.75) is 9.79 Å². The first-order valence-electron chi connectivity index (χ1n) is 5.63. The fraction of sp³-hybridized carbons (Fsp3) is 0. The second-order valence-electron chi connectivity index (χ2n) is 4.27. The number of rotatable bonds is 0. The molecular weight excluding hydrogens is 249 g/mol. The van der Waals surface area contributed by atoms with E-state index in [4.69, 9.17) is 14.0 Å². The molecule has 0 fully saturated rings. The van der Waals surface area contributed by atoms with E-state index in [2.05, 4.69) is 17.4 Å². The van der Waals surface area contributed by atoms with Gasteiger partial charge in [0.15, 0.2) is 17.2 Å².